The number of halogens is 1. The molecule has 0 spiro atoms. The largest absolute Gasteiger partial charge is 0.381 e. The lowest BCUT2D eigenvalue weighted by atomic mass is 9.89. The molecule has 0 saturated heterocycles. The van der Waals surface area contributed by atoms with Crippen molar-refractivity contribution < 1.29 is 4.74 Å². The number of methoxy groups -OCH3 is 1. The zero-order valence-electron chi connectivity index (χ0n) is 10.6. The number of hydrogen-bond donors (Lipinski definition) is 1. The fourth-order valence-electron chi connectivity index (χ4n) is 2.25. The lowest BCUT2D eigenvalue weighted by Gasteiger charge is -2.35. The van der Waals surface area contributed by atoms with E-state index in [9.17, 15) is 0 Å². The van der Waals surface area contributed by atoms with Gasteiger partial charge in [0.1, 0.15) is 12.7 Å². The molecule has 0 unspecified atom stereocenters. The summed E-state index contributed by atoms with van der Waals surface area (Å²) in [4.78, 5) is 3.97. The van der Waals surface area contributed by atoms with Crippen molar-refractivity contribution in [2.24, 2.45) is 0 Å². The maximum absolute atomic E-state index is 6.07. The van der Waals surface area contributed by atoms with E-state index in [0.717, 1.165) is 24.2 Å². The molecular formula is C13H15ClN4O. The van der Waals surface area contributed by atoms with Gasteiger partial charge in [-0.05, 0) is 31.0 Å². The molecule has 2 aromatic rings. The summed E-state index contributed by atoms with van der Waals surface area (Å²) in [6.07, 6.45) is 5.58. The van der Waals surface area contributed by atoms with Crippen LogP contribution in [0.4, 0.5) is 5.69 Å². The fraction of sp³-hybridized carbons (Fsp3) is 0.385. The van der Waals surface area contributed by atoms with Crippen molar-refractivity contribution in [3.05, 3.63) is 35.9 Å². The molecule has 0 amide bonds. The van der Waals surface area contributed by atoms with E-state index in [4.69, 9.17) is 16.3 Å². The van der Waals surface area contributed by atoms with E-state index in [-0.39, 0.29) is 0 Å². The van der Waals surface area contributed by atoms with Crippen LogP contribution in [0.3, 0.4) is 0 Å². The Labute approximate surface area is 116 Å². The Bertz CT molecular complexity index is 552. The topological polar surface area (TPSA) is 52.0 Å². The number of ether oxygens (including phenoxy) is 1. The predicted octanol–water partition coefficient (Wildman–Crippen LogP) is 2.51. The van der Waals surface area contributed by atoms with Crippen LogP contribution in [0.15, 0.2) is 30.9 Å². The molecule has 1 fully saturated rings. The monoisotopic (exact) mass is 278 g/mol. The molecule has 1 N–H and O–H groups in total. The van der Waals surface area contributed by atoms with Gasteiger partial charge in [0, 0.05) is 18.2 Å². The van der Waals surface area contributed by atoms with Crippen LogP contribution in [0.1, 0.15) is 12.8 Å². The minimum Gasteiger partial charge on any atom is -0.381 e. The zero-order chi connectivity index (χ0) is 13.2. The number of nitrogens with zero attached hydrogens (tertiary/aromatic N) is 3. The molecule has 1 aliphatic carbocycles. The molecule has 0 radical (unpaired) electrons. The van der Waals surface area contributed by atoms with Gasteiger partial charge < -0.3 is 10.1 Å². The first-order valence-electron chi connectivity index (χ1n) is 6.20. The van der Waals surface area contributed by atoms with Crippen LogP contribution in [-0.4, -0.2) is 34.0 Å². The predicted molar refractivity (Wildman–Crippen MR) is 73.8 cm³/mol. The lowest BCUT2D eigenvalue weighted by molar-refractivity contribution is 0.0329. The highest BCUT2D eigenvalue weighted by molar-refractivity contribution is 6.31. The Morgan fingerprint density at radius 2 is 2.26 bits per heavy atom. The van der Waals surface area contributed by atoms with Gasteiger partial charge in [-0.25, -0.2) is 9.67 Å². The standard InChI is InChI=1S/C13H15ClN4O/c1-19-11-5-10(6-11)17-12-4-9(14)2-3-13(12)18-8-15-7-16-18/h2-4,7-8,10-11,17H,5-6H2,1H3. The SMILES string of the molecule is COC1CC(Nc2cc(Cl)ccc2-n2cncn2)C1. The van der Waals surface area contributed by atoms with Crippen molar-refractivity contribution in [3.8, 4) is 5.69 Å². The van der Waals surface area contributed by atoms with Gasteiger partial charge in [-0.15, -0.1) is 0 Å². The smallest absolute Gasteiger partial charge is 0.138 e. The van der Waals surface area contributed by atoms with Gasteiger partial charge in [0.2, 0.25) is 0 Å². The summed E-state index contributed by atoms with van der Waals surface area (Å²) < 4.78 is 7.01. The molecule has 1 heterocycles. The average Bonchev–Trinajstić information content (AvgIpc) is 2.87. The molecule has 5 nitrogen and oxygen atoms in total. The number of nitrogens with one attached hydrogen (secondary N) is 1. The molecule has 0 aliphatic heterocycles. The molecule has 6 heteroatoms. The van der Waals surface area contributed by atoms with Crippen molar-refractivity contribution in [2.75, 3.05) is 12.4 Å². The van der Waals surface area contributed by atoms with Crippen LogP contribution < -0.4 is 5.32 Å². The number of benzene rings is 1. The van der Waals surface area contributed by atoms with Crippen LogP contribution in [0.5, 0.6) is 0 Å². The van der Waals surface area contributed by atoms with E-state index in [1.807, 2.05) is 18.2 Å². The van der Waals surface area contributed by atoms with Gasteiger partial charge in [-0.2, -0.15) is 5.10 Å². The Hall–Kier alpha value is -1.59. The van der Waals surface area contributed by atoms with Gasteiger partial charge in [-0.1, -0.05) is 11.6 Å². The van der Waals surface area contributed by atoms with Gasteiger partial charge in [-0.3, -0.25) is 0 Å². The second-order valence-electron chi connectivity index (χ2n) is 4.67. The summed E-state index contributed by atoms with van der Waals surface area (Å²) in [5, 5.41) is 8.35. The third-order valence-corrected chi connectivity index (χ3v) is 3.65. The molecule has 1 aromatic carbocycles. The molecular weight excluding hydrogens is 264 g/mol. The first-order valence-corrected chi connectivity index (χ1v) is 6.58. The maximum atomic E-state index is 6.07. The van der Waals surface area contributed by atoms with E-state index < -0.39 is 0 Å². The van der Waals surface area contributed by atoms with Crippen LogP contribution in [0.2, 0.25) is 5.02 Å². The quantitative estimate of drug-likeness (QED) is 0.934. The van der Waals surface area contributed by atoms with E-state index in [0.29, 0.717) is 17.2 Å². The van der Waals surface area contributed by atoms with Crippen molar-refractivity contribution in [3.63, 3.8) is 0 Å². The molecule has 3 rings (SSSR count). The van der Waals surface area contributed by atoms with Crippen molar-refractivity contribution >= 4 is 17.3 Å². The number of rotatable bonds is 4. The second kappa shape index (κ2) is 5.19. The van der Waals surface area contributed by atoms with Gasteiger partial charge in [0.15, 0.2) is 0 Å². The third kappa shape index (κ3) is 2.57. The second-order valence-corrected chi connectivity index (χ2v) is 5.11. The number of anilines is 1. The molecule has 1 aliphatic rings. The minimum absolute atomic E-state index is 0.367. The highest BCUT2D eigenvalue weighted by atomic mass is 35.5. The van der Waals surface area contributed by atoms with Crippen molar-refractivity contribution in [1.29, 1.82) is 0 Å². The Balaban J connectivity index is 1.82. The van der Waals surface area contributed by atoms with Crippen LogP contribution in [0, 0.1) is 0 Å². The fourth-order valence-corrected chi connectivity index (χ4v) is 2.42. The summed E-state index contributed by atoms with van der Waals surface area (Å²) in [5.41, 5.74) is 1.92. The highest BCUT2D eigenvalue weighted by Gasteiger charge is 2.29. The average molecular weight is 279 g/mol. The lowest BCUT2D eigenvalue weighted by Crippen LogP contribution is -2.40. The summed E-state index contributed by atoms with van der Waals surface area (Å²) in [6, 6.07) is 6.12. The highest BCUT2D eigenvalue weighted by Crippen LogP contribution is 2.30. The number of hydrogen-bond acceptors (Lipinski definition) is 4. The van der Waals surface area contributed by atoms with Crippen LogP contribution >= 0.6 is 11.6 Å². The van der Waals surface area contributed by atoms with E-state index in [1.54, 1.807) is 18.1 Å². The summed E-state index contributed by atoms with van der Waals surface area (Å²) in [5.74, 6) is 0. The summed E-state index contributed by atoms with van der Waals surface area (Å²) in [6.45, 7) is 0. The van der Waals surface area contributed by atoms with Gasteiger partial charge >= 0.3 is 0 Å². The van der Waals surface area contributed by atoms with E-state index in [2.05, 4.69) is 15.4 Å². The molecule has 100 valence electrons. The molecule has 0 atom stereocenters. The molecule has 1 aromatic heterocycles. The summed E-state index contributed by atoms with van der Waals surface area (Å²) >= 11 is 6.07. The summed E-state index contributed by atoms with van der Waals surface area (Å²) in [7, 11) is 1.75. The van der Waals surface area contributed by atoms with E-state index >= 15 is 0 Å². The minimum atomic E-state index is 0.367. The Morgan fingerprint density at radius 3 is 2.95 bits per heavy atom. The van der Waals surface area contributed by atoms with Crippen LogP contribution in [0.25, 0.3) is 5.69 Å². The van der Waals surface area contributed by atoms with E-state index in [1.165, 1.54) is 6.33 Å². The third-order valence-electron chi connectivity index (χ3n) is 3.41. The first kappa shape index (κ1) is 12.4. The Kier molecular flexibility index (Phi) is 3.40. The molecule has 1 saturated carbocycles. The zero-order valence-corrected chi connectivity index (χ0v) is 11.3. The molecule has 0 bridgehead atoms. The van der Waals surface area contributed by atoms with Gasteiger partial charge in [0.25, 0.3) is 0 Å². The molecule has 19 heavy (non-hydrogen) atoms. The number of aromatic nitrogens is 3. The Morgan fingerprint density at radius 1 is 1.42 bits per heavy atom. The van der Waals surface area contributed by atoms with Crippen molar-refractivity contribution in [1.82, 2.24) is 14.8 Å². The van der Waals surface area contributed by atoms with Crippen LogP contribution in [-0.2, 0) is 4.74 Å². The van der Waals surface area contributed by atoms with Crippen molar-refractivity contribution in [2.45, 2.75) is 25.0 Å². The normalized spacial score (nSPS) is 22.0. The first-order chi connectivity index (χ1) is 9.26. The van der Waals surface area contributed by atoms with Gasteiger partial charge in [0.05, 0.1) is 17.5 Å². The maximum Gasteiger partial charge on any atom is 0.138 e.